The Morgan fingerprint density at radius 2 is 2.29 bits per heavy atom. The van der Waals surface area contributed by atoms with Crippen molar-refractivity contribution in [1.82, 2.24) is 0 Å². The van der Waals surface area contributed by atoms with E-state index in [1.807, 2.05) is 0 Å². The van der Waals surface area contributed by atoms with Gasteiger partial charge in [-0.05, 0) is 34.1 Å². The van der Waals surface area contributed by atoms with E-state index in [1.165, 1.54) is 0 Å². The molecule has 0 heterocycles. The second kappa shape index (κ2) is 5.04. The zero-order valence-corrected chi connectivity index (χ0v) is 9.39. The molecule has 14 heavy (non-hydrogen) atoms. The Bertz CT molecular complexity index is 418. The molecule has 0 unspecified atom stereocenters. The quantitative estimate of drug-likeness (QED) is 0.799. The van der Waals surface area contributed by atoms with Crippen molar-refractivity contribution < 1.29 is 9.90 Å². The van der Waals surface area contributed by atoms with Crippen LogP contribution in [0.2, 0.25) is 5.02 Å². The number of benzene rings is 1. The number of aliphatic carboxylic acids is 1. The van der Waals surface area contributed by atoms with Gasteiger partial charge in [0.15, 0.2) is 0 Å². The molecule has 0 aliphatic rings. The zero-order valence-electron chi connectivity index (χ0n) is 7.05. The molecule has 0 radical (unpaired) electrons. The Morgan fingerprint density at radius 3 is 2.86 bits per heavy atom. The Kier molecular flexibility index (Phi) is 3.99. The largest absolute Gasteiger partial charge is 0.481 e. The van der Waals surface area contributed by atoms with Crippen LogP contribution < -0.4 is 0 Å². The van der Waals surface area contributed by atoms with Gasteiger partial charge in [0.1, 0.15) is 6.42 Å². The lowest BCUT2D eigenvalue weighted by Crippen LogP contribution is -1.90. The third kappa shape index (κ3) is 3.41. The lowest BCUT2D eigenvalue weighted by Gasteiger charge is -1.94. The van der Waals surface area contributed by atoms with Crippen LogP contribution in [-0.4, -0.2) is 11.1 Å². The predicted octanol–water partition coefficient (Wildman–Crippen LogP) is 2.93. The van der Waals surface area contributed by atoms with Crippen molar-refractivity contribution in [3.63, 3.8) is 0 Å². The molecule has 0 saturated heterocycles. The summed E-state index contributed by atoms with van der Waals surface area (Å²) in [5.41, 5.74) is 0.738. The molecule has 0 aromatic heterocycles. The number of carboxylic acids is 1. The maximum Gasteiger partial charge on any atom is 0.315 e. The first-order valence-corrected chi connectivity index (χ1v) is 4.92. The van der Waals surface area contributed by atoms with E-state index in [2.05, 4.69) is 27.8 Å². The van der Waals surface area contributed by atoms with Gasteiger partial charge in [-0.2, -0.15) is 0 Å². The van der Waals surface area contributed by atoms with Crippen LogP contribution in [0.25, 0.3) is 0 Å². The van der Waals surface area contributed by atoms with Crippen LogP contribution in [0.5, 0.6) is 0 Å². The number of carbonyl (C=O) groups is 1. The average molecular weight is 274 g/mol. The predicted molar refractivity (Wildman–Crippen MR) is 58.3 cm³/mol. The Labute approximate surface area is 95.0 Å². The van der Waals surface area contributed by atoms with Crippen molar-refractivity contribution >= 4 is 33.5 Å². The molecular weight excluding hydrogens is 267 g/mol. The number of hydrogen-bond donors (Lipinski definition) is 1. The fourth-order valence-corrected chi connectivity index (χ4v) is 1.29. The standard InChI is InChI=1S/C10H6BrClO2/c11-8-6-7(4-5-9(8)12)2-1-3-10(13)14/h4-6H,3H2,(H,13,14). The first-order valence-electron chi connectivity index (χ1n) is 3.75. The van der Waals surface area contributed by atoms with Crippen molar-refractivity contribution in [2.24, 2.45) is 0 Å². The third-order valence-electron chi connectivity index (χ3n) is 1.39. The second-order valence-corrected chi connectivity index (χ2v) is 3.76. The molecule has 1 N–H and O–H groups in total. The van der Waals surface area contributed by atoms with Gasteiger partial charge in [-0.1, -0.05) is 23.4 Å². The summed E-state index contributed by atoms with van der Waals surface area (Å²) in [6.07, 6.45) is -0.153. The molecule has 0 bridgehead atoms. The Morgan fingerprint density at radius 1 is 1.57 bits per heavy atom. The highest BCUT2D eigenvalue weighted by Crippen LogP contribution is 2.22. The van der Waals surface area contributed by atoms with Crippen LogP contribution in [0, 0.1) is 11.8 Å². The van der Waals surface area contributed by atoms with Gasteiger partial charge in [-0.3, -0.25) is 4.79 Å². The fourth-order valence-electron chi connectivity index (χ4n) is 0.796. The minimum Gasteiger partial charge on any atom is -0.481 e. The molecule has 0 fully saturated rings. The zero-order chi connectivity index (χ0) is 10.6. The van der Waals surface area contributed by atoms with Gasteiger partial charge in [-0.15, -0.1) is 0 Å². The van der Waals surface area contributed by atoms with E-state index < -0.39 is 5.97 Å². The van der Waals surface area contributed by atoms with Crippen LogP contribution >= 0.6 is 27.5 Å². The smallest absolute Gasteiger partial charge is 0.315 e. The summed E-state index contributed by atoms with van der Waals surface area (Å²) < 4.78 is 0.751. The van der Waals surface area contributed by atoms with E-state index >= 15 is 0 Å². The molecule has 0 atom stereocenters. The summed E-state index contributed by atoms with van der Waals surface area (Å²) in [5.74, 6) is 4.33. The van der Waals surface area contributed by atoms with Crippen LogP contribution in [0.15, 0.2) is 22.7 Å². The molecule has 0 amide bonds. The van der Waals surface area contributed by atoms with E-state index in [0.717, 1.165) is 10.0 Å². The highest BCUT2D eigenvalue weighted by Gasteiger charge is 1.96. The second-order valence-electron chi connectivity index (χ2n) is 2.50. The minimum atomic E-state index is -0.925. The molecule has 72 valence electrons. The number of rotatable bonds is 1. The molecule has 0 spiro atoms. The summed E-state index contributed by atoms with van der Waals surface area (Å²) >= 11 is 9.03. The molecule has 0 aliphatic heterocycles. The first kappa shape index (κ1) is 11.1. The van der Waals surface area contributed by atoms with Crippen LogP contribution in [0.4, 0.5) is 0 Å². The molecule has 1 rings (SSSR count). The van der Waals surface area contributed by atoms with Crippen LogP contribution in [-0.2, 0) is 4.79 Å². The van der Waals surface area contributed by atoms with Gasteiger partial charge >= 0.3 is 5.97 Å². The first-order chi connectivity index (χ1) is 6.59. The normalized spacial score (nSPS) is 9.00. The highest BCUT2D eigenvalue weighted by atomic mass is 79.9. The van der Waals surface area contributed by atoms with Gasteiger partial charge in [0.25, 0.3) is 0 Å². The van der Waals surface area contributed by atoms with Gasteiger partial charge < -0.3 is 5.11 Å². The van der Waals surface area contributed by atoms with E-state index in [-0.39, 0.29) is 6.42 Å². The number of carboxylic acid groups (broad SMARTS) is 1. The third-order valence-corrected chi connectivity index (χ3v) is 2.61. The number of hydrogen-bond acceptors (Lipinski definition) is 1. The van der Waals surface area contributed by atoms with Gasteiger partial charge in [0, 0.05) is 10.0 Å². The molecule has 0 saturated carbocycles. The van der Waals surface area contributed by atoms with E-state index in [9.17, 15) is 4.79 Å². The molecule has 1 aromatic rings. The van der Waals surface area contributed by atoms with Crippen molar-refractivity contribution in [1.29, 1.82) is 0 Å². The monoisotopic (exact) mass is 272 g/mol. The fraction of sp³-hybridized carbons (Fsp3) is 0.100. The average Bonchev–Trinajstić information content (AvgIpc) is 2.10. The maximum absolute atomic E-state index is 10.2. The minimum absolute atomic E-state index is 0.153. The Hall–Kier alpha value is -0.980. The van der Waals surface area contributed by atoms with E-state index in [4.69, 9.17) is 16.7 Å². The molecule has 0 aliphatic carbocycles. The van der Waals surface area contributed by atoms with Crippen molar-refractivity contribution in [2.75, 3.05) is 0 Å². The molecule has 4 heteroatoms. The summed E-state index contributed by atoms with van der Waals surface area (Å²) in [5, 5.41) is 8.96. The summed E-state index contributed by atoms with van der Waals surface area (Å²) in [6.45, 7) is 0. The van der Waals surface area contributed by atoms with E-state index in [0.29, 0.717) is 5.02 Å². The van der Waals surface area contributed by atoms with Crippen molar-refractivity contribution in [3.8, 4) is 11.8 Å². The topological polar surface area (TPSA) is 37.3 Å². The Balaban J connectivity index is 2.81. The molecular formula is C10H6BrClO2. The van der Waals surface area contributed by atoms with Crippen LogP contribution in [0.3, 0.4) is 0 Å². The van der Waals surface area contributed by atoms with Gasteiger partial charge in [-0.25, -0.2) is 0 Å². The van der Waals surface area contributed by atoms with Crippen LogP contribution in [0.1, 0.15) is 12.0 Å². The summed E-state index contributed by atoms with van der Waals surface area (Å²) in [7, 11) is 0. The molecule has 1 aromatic carbocycles. The highest BCUT2D eigenvalue weighted by molar-refractivity contribution is 9.10. The summed E-state index contributed by atoms with van der Waals surface area (Å²) in [4.78, 5) is 10.2. The molecule has 2 nitrogen and oxygen atoms in total. The maximum atomic E-state index is 10.2. The van der Waals surface area contributed by atoms with Gasteiger partial charge in [0.2, 0.25) is 0 Å². The summed E-state index contributed by atoms with van der Waals surface area (Å²) in [6, 6.07) is 5.19. The SMILES string of the molecule is O=C(O)CC#Cc1ccc(Cl)c(Br)c1. The lowest BCUT2D eigenvalue weighted by molar-refractivity contribution is -0.135. The number of halogens is 2. The van der Waals surface area contributed by atoms with Gasteiger partial charge in [0.05, 0.1) is 5.02 Å². The lowest BCUT2D eigenvalue weighted by atomic mass is 10.2. The van der Waals surface area contributed by atoms with Crippen molar-refractivity contribution in [3.05, 3.63) is 33.3 Å². The van der Waals surface area contributed by atoms with Crippen molar-refractivity contribution in [2.45, 2.75) is 6.42 Å². The van der Waals surface area contributed by atoms with E-state index in [1.54, 1.807) is 18.2 Å².